The quantitative estimate of drug-likeness (QED) is 0.376. The van der Waals surface area contributed by atoms with E-state index in [-0.39, 0.29) is 40.9 Å². The molecule has 3 aliphatic rings. The Balaban J connectivity index is 1.33. The molecule has 1 aliphatic heterocycles. The Bertz CT molecular complexity index is 1720. The number of amides is 1. The first-order chi connectivity index (χ1) is 19.5. The van der Waals surface area contributed by atoms with Crippen LogP contribution in [0.2, 0.25) is 0 Å². The topological polar surface area (TPSA) is 126 Å². The van der Waals surface area contributed by atoms with Crippen LogP contribution in [0.4, 0.5) is 13.2 Å². The van der Waals surface area contributed by atoms with Crippen molar-refractivity contribution in [1.82, 2.24) is 29.5 Å². The lowest BCUT2D eigenvalue weighted by atomic mass is 9.60. The number of aliphatic hydroxyl groups excluding tert-OH is 1. The van der Waals surface area contributed by atoms with Gasteiger partial charge in [0.2, 0.25) is 0 Å². The van der Waals surface area contributed by atoms with E-state index in [0.29, 0.717) is 41.7 Å². The molecule has 0 radical (unpaired) electrons. The maximum Gasteiger partial charge on any atom is 0.387 e. The van der Waals surface area contributed by atoms with Crippen molar-refractivity contribution in [3.63, 3.8) is 0 Å². The van der Waals surface area contributed by atoms with Gasteiger partial charge in [-0.15, -0.1) is 0 Å². The summed E-state index contributed by atoms with van der Waals surface area (Å²) in [6, 6.07) is 4.00. The third-order valence-electron chi connectivity index (χ3n) is 8.56. The maximum absolute atomic E-state index is 15.4. The number of halogens is 3. The fourth-order valence-corrected chi connectivity index (χ4v) is 6.76. The summed E-state index contributed by atoms with van der Waals surface area (Å²) in [5.74, 6) is -1.52. The summed E-state index contributed by atoms with van der Waals surface area (Å²) in [6.07, 6.45) is 4.92. The number of benzene rings is 1. The summed E-state index contributed by atoms with van der Waals surface area (Å²) in [6.45, 7) is -1.29. The van der Waals surface area contributed by atoms with Gasteiger partial charge in [0, 0.05) is 54.2 Å². The summed E-state index contributed by atoms with van der Waals surface area (Å²) in [7, 11) is 1.62. The molecule has 2 aliphatic carbocycles. The molecule has 1 amide bonds. The fraction of sp³-hybridized carbons (Fsp3) is 0.393. The number of ether oxygens (including phenoxy) is 1. The van der Waals surface area contributed by atoms with E-state index in [9.17, 15) is 23.8 Å². The lowest BCUT2D eigenvalue weighted by molar-refractivity contribution is -0.149. The number of hydrogen-bond donors (Lipinski definition) is 2. The number of aromatic nitrogens is 5. The molecule has 4 aromatic rings. The SMILES string of the molecule is CN1C(=O)c2cccc(OC(F)F)c2C2CC1c1nn3cc(F)c(-c4cnc(C5(O)CC(C)(CO)C5)nc4)nc3c12. The van der Waals surface area contributed by atoms with Gasteiger partial charge in [0.05, 0.1) is 17.9 Å². The molecule has 0 spiro atoms. The Labute approximate surface area is 231 Å². The van der Waals surface area contributed by atoms with Gasteiger partial charge < -0.3 is 19.8 Å². The van der Waals surface area contributed by atoms with Crippen LogP contribution in [0.5, 0.6) is 5.75 Å². The molecule has 3 aromatic heterocycles. The van der Waals surface area contributed by atoms with E-state index >= 15 is 4.39 Å². The Morgan fingerprint density at radius 3 is 2.61 bits per heavy atom. The van der Waals surface area contributed by atoms with E-state index in [4.69, 9.17) is 4.74 Å². The number of fused-ring (bicyclic) bond motifs is 9. The molecule has 10 nitrogen and oxygen atoms in total. The van der Waals surface area contributed by atoms with E-state index in [1.165, 1.54) is 40.1 Å². The third-order valence-corrected chi connectivity index (χ3v) is 8.56. The first kappa shape index (κ1) is 25.8. The van der Waals surface area contributed by atoms with Crippen LogP contribution in [0, 0.1) is 11.2 Å². The summed E-state index contributed by atoms with van der Waals surface area (Å²) in [4.78, 5) is 28.0. The average Bonchev–Trinajstić information content (AvgIpc) is 3.44. The van der Waals surface area contributed by atoms with Crippen LogP contribution in [-0.4, -0.2) is 65.9 Å². The van der Waals surface area contributed by atoms with Crippen molar-refractivity contribution < 1.29 is 32.9 Å². The minimum Gasteiger partial charge on any atom is -0.434 e. The van der Waals surface area contributed by atoms with Gasteiger partial charge in [0.25, 0.3) is 5.91 Å². The molecular formula is C28H25F3N6O4. The molecule has 1 fully saturated rings. The van der Waals surface area contributed by atoms with Gasteiger partial charge >= 0.3 is 6.61 Å². The summed E-state index contributed by atoms with van der Waals surface area (Å²) >= 11 is 0. The molecule has 4 heterocycles. The zero-order valence-electron chi connectivity index (χ0n) is 22.1. The smallest absolute Gasteiger partial charge is 0.387 e. The Kier molecular flexibility index (Phi) is 5.48. The molecular weight excluding hydrogens is 541 g/mol. The van der Waals surface area contributed by atoms with Crippen LogP contribution < -0.4 is 4.74 Å². The van der Waals surface area contributed by atoms with Gasteiger partial charge in [0.15, 0.2) is 17.3 Å². The summed E-state index contributed by atoms with van der Waals surface area (Å²) in [5.41, 5.74) is 0.535. The van der Waals surface area contributed by atoms with Crippen molar-refractivity contribution in [2.45, 2.75) is 50.4 Å². The van der Waals surface area contributed by atoms with Crippen molar-refractivity contribution >= 4 is 11.6 Å². The van der Waals surface area contributed by atoms with E-state index in [0.717, 1.165) is 0 Å². The van der Waals surface area contributed by atoms with Gasteiger partial charge in [-0.1, -0.05) is 13.0 Å². The number of alkyl halides is 2. The Hall–Kier alpha value is -4.10. The van der Waals surface area contributed by atoms with Crippen LogP contribution in [0.15, 0.2) is 36.8 Å². The van der Waals surface area contributed by atoms with Crippen molar-refractivity contribution in [3.8, 4) is 17.0 Å². The largest absolute Gasteiger partial charge is 0.434 e. The average molecular weight is 567 g/mol. The molecule has 0 saturated heterocycles. The van der Waals surface area contributed by atoms with Crippen LogP contribution in [0.3, 0.4) is 0 Å². The normalized spacial score (nSPS) is 26.6. The van der Waals surface area contributed by atoms with Crippen molar-refractivity contribution in [2.75, 3.05) is 13.7 Å². The lowest BCUT2D eigenvalue weighted by Gasteiger charge is -2.49. The fourth-order valence-electron chi connectivity index (χ4n) is 6.76. The van der Waals surface area contributed by atoms with Gasteiger partial charge in [-0.25, -0.2) is 23.9 Å². The second-order valence-corrected chi connectivity index (χ2v) is 11.5. The number of nitrogens with zero attached hydrogens (tertiary/aromatic N) is 6. The van der Waals surface area contributed by atoms with Crippen LogP contribution in [-0.2, 0) is 5.60 Å². The predicted molar refractivity (Wildman–Crippen MR) is 137 cm³/mol. The van der Waals surface area contributed by atoms with E-state index in [2.05, 4.69) is 20.1 Å². The number of rotatable bonds is 5. The van der Waals surface area contributed by atoms with Gasteiger partial charge in [0.1, 0.15) is 17.0 Å². The minimum atomic E-state index is -3.09. The zero-order chi connectivity index (χ0) is 28.8. The molecule has 1 aromatic carbocycles. The highest BCUT2D eigenvalue weighted by molar-refractivity contribution is 5.98. The predicted octanol–water partition coefficient (Wildman–Crippen LogP) is 3.57. The van der Waals surface area contributed by atoms with Crippen LogP contribution >= 0.6 is 0 Å². The van der Waals surface area contributed by atoms with Crippen LogP contribution in [0.1, 0.15) is 71.1 Å². The molecule has 2 atom stereocenters. The monoisotopic (exact) mass is 566 g/mol. The highest BCUT2D eigenvalue weighted by Gasteiger charge is 2.53. The Morgan fingerprint density at radius 1 is 1.20 bits per heavy atom. The summed E-state index contributed by atoms with van der Waals surface area (Å²) in [5, 5.41) is 24.9. The second-order valence-electron chi connectivity index (χ2n) is 11.5. The molecule has 1 saturated carbocycles. The Morgan fingerprint density at radius 2 is 1.93 bits per heavy atom. The molecule has 212 valence electrons. The van der Waals surface area contributed by atoms with Crippen molar-refractivity contribution in [1.29, 1.82) is 0 Å². The van der Waals surface area contributed by atoms with E-state index < -0.39 is 35.4 Å². The first-order valence-corrected chi connectivity index (χ1v) is 13.1. The van der Waals surface area contributed by atoms with Crippen molar-refractivity contribution in [3.05, 3.63) is 70.8 Å². The zero-order valence-corrected chi connectivity index (χ0v) is 22.1. The molecule has 13 heteroatoms. The highest BCUT2D eigenvalue weighted by atomic mass is 19.3. The minimum absolute atomic E-state index is 0.0476. The van der Waals surface area contributed by atoms with E-state index in [1.807, 2.05) is 6.92 Å². The number of aliphatic hydroxyl groups is 2. The molecule has 2 N–H and O–H groups in total. The molecule has 41 heavy (non-hydrogen) atoms. The number of hydrogen-bond acceptors (Lipinski definition) is 8. The van der Waals surface area contributed by atoms with Gasteiger partial charge in [-0.3, -0.25) is 4.79 Å². The van der Waals surface area contributed by atoms with Gasteiger partial charge in [-0.05, 0) is 36.8 Å². The van der Waals surface area contributed by atoms with Crippen molar-refractivity contribution in [2.24, 2.45) is 5.41 Å². The van der Waals surface area contributed by atoms with E-state index in [1.54, 1.807) is 13.1 Å². The van der Waals surface area contributed by atoms with Gasteiger partial charge in [-0.2, -0.15) is 13.9 Å². The summed E-state index contributed by atoms with van der Waals surface area (Å²) < 4.78 is 48.2. The second kappa shape index (κ2) is 8.70. The first-order valence-electron chi connectivity index (χ1n) is 13.1. The molecule has 2 unspecified atom stereocenters. The lowest BCUT2D eigenvalue weighted by Crippen LogP contribution is -2.50. The molecule has 7 rings (SSSR count). The number of carbonyl (C=O) groups excluding carboxylic acids is 1. The number of carbonyl (C=O) groups is 1. The standard InChI is InChI=1S/C28H25F3N6O4/c1-27(12-38)10-28(40,11-27)25-32-7-13(8-33-25)21-16(29)9-37-23(34-21)20-15-6-17(22(20)35-37)36(2)24(39)14-4-3-5-18(19(14)15)41-26(30)31/h3-5,7-9,15,17,26,38,40H,6,10-12H2,1-2H3. The van der Waals surface area contributed by atoms with Crippen LogP contribution in [0.25, 0.3) is 16.9 Å². The highest BCUT2D eigenvalue weighted by Crippen LogP contribution is 2.54. The molecule has 2 bridgehead atoms. The maximum atomic E-state index is 15.4. The third kappa shape index (κ3) is 3.75.